The molecule has 1 aliphatic rings. The van der Waals surface area contributed by atoms with Gasteiger partial charge in [-0.3, -0.25) is 4.90 Å². The van der Waals surface area contributed by atoms with Gasteiger partial charge in [-0.1, -0.05) is 24.6 Å². The van der Waals surface area contributed by atoms with Crippen molar-refractivity contribution in [2.45, 2.75) is 26.3 Å². The molecular weight excluding hydrogens is 276 g/mol. The molecule has 0 saturated carbocycles. The molecule has 3 rings (SSSR count). The molecule has 19 heavy (non-hydrogen) atoms. The van der Waals surface area contributed by atoms with Crippen LogP contribution < -0.4 is 0 Å². The molecule has 0 amide bonds. The van der Waals surface area contributed by atoms with Crippen molar-refractivity contribution in [3.8, 4) is 0 Å². The quantitative estimate of drug-likeness (QED) is 0.813. The van der Waals surface area contributed by atoms with Crippen molar-refractivity contribution in [1.29, 1.82) is 0 Å². The third-order valence-electron chi connectivity index (χ3n) is 4.00. The zero-order valence-electron chi connectivity index (χ0n) is 11.4. The van der Waals surface area contributed by atoms with Crippen LogP contribution in [0, 0.1) is 0 Å². The Labute approximate surface area is 122 Å². The summed E-state index contributed by atoms with van der Waals surface area (Å²) in [5, 5.41) is 1.85. The summed E-state index contributed by atoms with van der Waals surface area (Å²) in [7, 11) is 0. The Balaban J connectivity index is 2.09. The Bertz CT molecular complexity index is 657. The maximum atomic E-state index is 6.24. The molecule has 2 aromatic heterocycles. The zero-order valence-corrected chi connectivity index (χ0v) is 13.0. The molecule has 2 aromatic rings. The number of halogens is 1. The second-order valence-electron chi connectivity index (χ2n) is 5.34. The Morgan fingerprint density at radius 3 is 2.89 bits per heavy atom. The second kappa shape index (κ2) is 4.58. The summed E-state index contributed by atoms with van der Waals surface area (Å²) in [5.74, 6) is 0. The summed E-state index contributed by atoms with van der Waals surface area (Å²) in [4.78, 5) is 9.20. The molecule has 0 saturated heterocycles. The topological polar surface area (TPSA) is 16.1 Å². The molecule has 1 aliphatic heterocycles. The molecule has 0 bridgehead atoms. The Morgan fingerprint density at radius 2 is 2.26 bits per heavy atom. The number of likely N-dealkylation sites (N-methyl/N-ethyl adjacent to an activating group) is 1. The summed E-state index contributed by atoms with van der Waals surface area (Å²) in [6, 6.07) is 4.04. The highest BCUT2D eigenvalue weighted by atomic mass is 35.5. The minimum atomic E-state index is 0.0854. The molecule has 0 spiro atoms. The van der Waals surface area contributed by atoms with Crippen molar-refractivity contribution < 1.29 is 0 Å². The van der Waals surface area contributed by atoms with Gasteiger partial charge in [0.15, 0.2) is 0 Å². The molecule has 2 nitrogen and oxygen atoms in total. The minimum absolute atomic E-state index is 0.0854. The van der Waals surface area contributed by atoms with Gasteiger partial charge in [0.25, 0.3) is 0 Å². The van der Waals surface area contributed by atoms with Crippen molar-refractivity contribution in [1.82, 2.24) is 9.88 Å². The first-order valence-corrected chi connectivity index (χ1v) is 7.73. The van der Waals surface area contributed by atoms with E-state index in [9.17, 15) is 0 Å². The van der Waals surface area contributed by atoms with Gasteiger partial charge in [-0.2, -0.15) is 0 Å². The van der Waals surface area contributed by atoms with Gasteiger partial charge in [0.1, 0.15) is 4.83 Å². The summed E-state index contributed by atoms with van der Waals surface area (Å²) in [6.45, 7) is 8.87. The Morgan fingerprint density at radius 1 is 1.47 bits per heavy atom. The lowest BCUT2D eigenvalue weighted by Crippen LogP contribution is -2.40. The van der Waals surface area contributed by atoms with E-state index < -0.39 is 0 Å². The highest BCUT2D eigenvalue weighted by molar-refractivity contribution is 7.19. The average Bonchev–Trinajstić information content (AvgIpc) is 2.90. The Kier molecular flexibility index (Phi) is 3.16. The second-order valence-corrected chi connectivity index (χ2v) is 6.78. The van der Waals surface area contributed by atoms with E-state index >= 15 is 0 Å². The first-order valence-electron chi connectivity index (χ1n) is 6.54. The van der Waals surface area contributed by atoms with E-state index in [1.54, 1.807) is 17.5 Å². The van der Waals surface area contributed by atoms with Crippen LogP contribution in [0.15, 0.2) is 24.4 Å². The number of hydrogen-bond donors (Lipinski definition) is 0. The number of fused-ring (bicyclic) bond motifs is 1. The maximum Gasteiger partial charge on any atom is 0.125 e. The van der Waals surface area contributed by atoms with E-state index in [0.717, 1.165) is 28.3 Å². The lowest BCUT2D eigenvalue weighted by atomic mass is 9.94. The van der Waals surface area contributed by atoms with Gasteiger partial charge in [0.2, 0.25) is 0 Å². The van der Waals surface area contributed by atoms with E-state index in [4.69, 9.17) is 11.6 Å². The smallest absolute Gasteiger partial charge is 0.125 e. The monoisotopic (exact) mass is 292 g/mol. The molecule has 3 heterocycles. The van der Waals surface area contributed by atoms with Crippen LogP contribution in [0.4, 0.5) is 0 Å². The zero-order chi connectivity index (χ0) is 13.6. The van der Waals surface area contributed by atoms with Crippen LogP contribution in [0.1, 0.15) is 25.6 Å². The van der Waals surface area contributed by atoms with Gasteiger partial charge in [-0.15, -0.1) is 11.3 Å². The van der Waals surface area contributed by atoms with E-state index in [1.807, 2.05) is 6.07 Å². The third kappa shape index (κ3) is 2.00. The summed E-state index contributed by atoms with van der Waals surface area (Å²) in [5.41, 5.74) is 1.48. The third-order valence-corrected chi connectivity index (χ3v) is 5.40. The molecule has 0 fully saturated rings. The van der Waals surface area contributed by atoms with Gasteiger partial charge >= 0.3 is 0 Å². The van der Waals surface area contributed by atoms with Gasteiger partial charge in [-0.05, 0) is 38.1 Å². The average molecular weight is 293 g/mol. The number of pyridine rings is 1. The molecule has 0 unspecified atom stereocenters. The SMILES string of the molecule is CCN1CC=C(c2cc3c(Cl)ccnc3s2)C1(C)C. The summed E-state index contributed by atoms with van der Waals surface area (Å²) >= 11 is 7.97. The molecule has 4 heteroatoms. The van der Waals surface area contributed by atoms with Crippen LogP contribution in [-0.4, -0.2) is 28.5 Å². The van der Waals surface area contributed by atoms with Crippen LogP contribution >= 0.6 is 22.9 Å². The number of aromatic nitrogens is 1. The van der Waals surface area contributed by atoms with Gasteiger partial charge in [-0.25, -0.2) is 4.98 Å². The largest absolute Gasteiger partial charge is 0.291 e. The predicted molar refractivity (Wildman–Crippen MR) is 83.9 cm³/mol. The number of rotatable bonds is 2. The van der Waals surface area contributed by atoms with E-state index in [-0.39, 0.29) is 5.54 Å². The standard InChI is InChI=1S/C15H17ClN2S/c1-4-18-8-6-11(15(18,2)3)13-9-10-12(16)5-7-17-14(10)19-13/h5-7,9H,4,8H2,1-3H3. The normalized spacial score (nSPS) is 19.1. The highest BCUT2D eigenvalue weighted by Crippen LogP contribution is 2.42. The maximum absolute atomic E-state index is 6.24. The van der Waals surface area contributed by atoms with Gasteiger partial charge in [0, 0.05) is 28.5 Å². The van der Waals surface area contributed by atoms with Crippen LogP contribution in [-0.2, 0) is 0 Å². The van der Waals surface area contributed by atoms with E-state index in [0.29, 0.717) is 0 Å². The van der Waals surface area contributed by atoms with Crippen molar-refractivity contribution in [3.63, 3.8) is 0 Å². The predicted octanol–water partition coefficient (Wildman–Crippen LogP) is 4.45. The van der Waals surface area contributed by atoms with Gasteiger partial charge < -0.3 is 0 Å². The number of nitrogens with zero attached hydrogens (tertiary/aromatic N) is 2. The molecule has 0 aliphatic carbocycles. The van der Waals surface area contributed by atoms with Crippen LogP contribution in [0.25, 0.3) is 15.8 Å². The number of thiophene rings is 1. The fourth-order valence-corrected chi connectivity index (χ4v) is 4.29. The molecule has 0 radical (unpaired) electrons. The van der Waals surface area contributed by atoms with Crippen LogP contribution in [0.3, 0.4) is 0 Å². The lowest BCUT2D eigenvalue weighted by Gasteiger charge is -2.33. The van der Waals surface area contributed by atoms with E-state index in [2.05, 4.69) is 42.8 Å². The molecule has 0 N–H and O–H groups in total. The van der Waals surface area contributed by atoms with Crippen molar-refractivity contribution >= 4 is 38.7 Å². The lowest BCUT2D eigenvalue weighted by molar-refractivity contribution is 0.218. The molecular formula is C15H17ClN2S. The Hall–Kier alpha value is -0.900. The minimum Gasteiger partial charge on any atom is -0.291 e. The van der Waals surface area contributed by atoms with Gasteiger partial charge in [0.05, 0.1) is 5.02 Å². The fraction of sp³-hybridized carbons (Fsp3) is 0.400. The highest BCUT2D eigenvalue weighted by Gasteiger charge is 2.35. The first kappa shape index (κ1) is 13.1. The molecule has 100 valence electrons. The van der Waals surface area contributed by atoms with Crippen molar-refractivity contribution in [2.75, 3.05) is 13.1 Å². The van der Waals surface area contributed by atoms with Crippen molar-refractivity contribution in [3.05, 3.63) is 34.3 Å². The van der Waals surface area contributed by atoms with Crippen molar-refractivity contribution in [2.24, 2.45) is 0 Å². The van der Waals surface area contributed by atoms with E-state index in [1.165, 1.54) is 10.5 Å². The summed E-state index contributed by atoms with van der Waals surface area (Å²) < 4.78 is 0. The fourth-order valence-electron chi connectivity index (χ4n) is 2.82. The van der Waals surface area contributed by atoms with Crippen LogP contribution in [0.5, 0.6) is 0 Å². The number of hydrogen-bond acceptors (Lipinski definition) is 3. The summed E-state index contributed by atoms with van der Waals surface area (Å²) in [6.07, 6.45) is 4.11. The molecule has 0 atom stereocenters. The van der Waals surface area contributed by atoms with Crippen LogP contribution in [0.2, 0.25) is 5.02 Å². The first-order chi connectivity index (χ1) is 9.04. The molecule has 0 aromatic carbocycles.